The van der Waals surface area contributed by atoms with Crippen LogP contribution in [0.3, 0.4) is 0 Å². The Bertz CT molecular complexity index is 524. The molecule has 88 valence electrons. The fourth-order valence-electron chi connectivity index (χ4n) is 2.00. The maximum Gasteiger partial charge on any atom is 0.131 e. The second-order valence-corrected chi connectivity index (χ2v) is 6.12. The number of rotatable bonds is 3. The third kappa shape index (κ3) is 2.10. The summed E-state index contributed by atoms with van der Waals surface area (Å²) in [6.45, 7) is 0.805. The van der Waals surface area contributed by atoms with Crippen molar-refractivity contribution in [3.8, 4) is 0 Å². The summed E-state index contributed by atoms with van der Waals surface area (Å²) in [5, 5.41) is 13.9. The summed E-state index contributed by atoms with van der Waals surface area (Å²) in [7, 11) is 1.93. The van der Waals surface area contributed by atoms with Gasteiger partial charge in [0.1, 0.15) is 10.0 Å². The van der Waals surface area contributed by atoms with E-state index in [4.69, 9.17) is 0 Å². The molecule has 1 aromatic heterocycles. The molecule has 0 saturated carbocycles. The van der Waals surface area contributed by atoms with Crippen molar-refractivity contribution < 1.29 is 0 Å². The van der Waals surface area contributed by atoms with E-state index in [9.17, 15) is 0 Å². The molecule has 0 radical (unpaired) electrons. The Hall–Kier alpha value is -0.910. The van der Waals surface area contributed by atoms with Gasteiger partial charge in [0, 0.05) is 23.1 Å². The normalized spacial score (nSPS) is 18.3. The molecule has 0 amide bonds. The number of nitrogens with zero attached hydrogens (tertiary/aromatic N) is 2. The van der Waals surface area contributed by atoms with Crippen molar-refractivity contribution in [2.24, 2.45) is 0 Å². The van der Waals surface area contributed by atoms with Crippen LogP contribution >= 0.6 is 23.1 Å². The lowest BCUT2D eigenvalue weighted by Crippen LogP contribution is -2.04. The Labute approximate surface area is 109 Å². The van der Waals surface area contributed by atoms with E-state index in [0.29, 0.717) is 5.92 Å². The van der Waals surface area contributed by atoms with Crippen molar-refractivity contribution in [3.05, 3.63) is 39.8 Å². The van der Waals surface area contributed by atoms with Crippen molar-refractivity contribution in [1.82, 2.24) is 15.5 Å². The lowest BCUT2D eigenvalue weighted by atomic mass is 10.0. The number of hydrogen-bond acceptors (Lipinski definition) is 5. The predicted octanol–water partition coefficient (Wildman–Crippen LogP) is 2.50. The van der Waals surface area contributed by atoms with E-state index in [1.54, 1.807) is 11.3 Å². The molecule has 2 aromatic rings. The molecule has 3 nitrogen and oxygen atoms in total. The Morgan fingerprint density at radius 3 is 3.12 bits per heavy atom. The van der Waals surface area contributed by atoms with Gasteiger partial charge in [0.15, 0.2) is 0 Å². The Kier molecular flexibility index (Phi) is 3.13. The molecule has 0 aliphatic carbocycles. The van der Waals surface area contributed by atoms with Crippen LogP contribution in [0.5, 0.6) is 0 Å². The highest BCUT2D eigenvalue weighted by Crippen LogP contribution is 2.43. The monoisotopic (exact) mass is 263 g/mol. The summed E-state index contributed by atoms with van der Waals surface area (Å²) in [6, 6.07) is 8.60. The molecule has 17 heavy (non-hydrogen) atoms. The molecule has 1 N–H and O–H groups in total. The summed E-state index contributed by atoms with van der Waals surface area (Å²) in [5.41, 5.74) is 1.41. The van der Waals surface area contributed by atoms with Crippen LogP contribution in [0.4, 0.5) is 0 Å². The zero-order chi connectivity index (χ0) is 11.7. The number of hydrogen-bond donors (Lipinski definition) is 1. The molecule has 1 unspecified atom stereocenters. The highest BCUT2D eigenvalue weighted by Gasteiger charge is 2.27. The predicted molar refractivity (Wildman–Crippen MR) is 71.7 cm³/mol. The van der Waals surface area contributed by atoms with E-state index in [2.05, 4.69) is 39.8 Å². The van der Waals surface area contributed by atoms with Crippen molar-refractivity contribution in [1.29, 1.82) is 0 Å². The minimum absolute atomic E-state index is 0.430. The summed E-state index contributed by atoms with van der Waals surface area (Å²) in [4.78, 5) is 1.39. The second-order valence-electron chi connectivity index (χ2n) is 3.97. The molecule has 0 fully saturated rings. The fraction of sp³-hybridized carbons (Fsp3) is 0.333. The van der Waals surface area contributed by atoms with E-state index in [1.807, 2.05) is 18.8 Å². The molecule has 1 aliphatic rings. The van der Waals surface area contributed by atoms with Gasteiger partial charge in [-0.1, -0.05) is 29.5 Å². The average Bonchev–Trinajstić information content (AvgIpc) is 2.95. The molecule has 1 atom stereocenters. The van der Waals surface area contributed by atoms with Crippen molar-refractivity contribution in [2.45, 2.75) is 17.4 Å². The van der Waals surface area contributed by atoms with Gasteiger partial charge >= 0.3 is 0 Å². The molecule has 3 rings (SSSR count). The quantitative estimate of drug-likeness (QED) is 0.923. The van der Waals surface area contributed by atoms with Gasteiger partial charge in [-0.15, -0.1) is 22.0 Å². The molecule has 2 heterocycles. The van der Waals surface area contributed by atoms with Crippen LogP contribution in [0, 0.1) is 0 Å². The van der Waals surface area contributed by atoms with Gasteiger partial charge in [-0.3, -0.25) is 0 Å². The van der Waals surface area contributed by atoms with E-state index < -0.39 is 0 Å². The summed E-state index contributed by atoms with van der Waals surface area (Å²) >= 11 is 3.64. The zero-order valence-electron chi connectivity index (χ0n) is 9.51. The van der Waals surface area contributed by atoms with Crippen molar-refractivity contribution in [3.63, 3.8) is 0 Å². The van der Waals surface area contributed by atoms with Crippen LogP contribution in [0.15, 0.2) is 29.2 Å². The number of benzene rings is 1. The summed E-state index contributed by atoms with van der Waals surface area (Å²) in [5.74, 6) is 1.52. The molecule has 0 spiro atoms. The Balaban J connectivity index is 1.90. The van der Waals surface area contributed by atoms with Gasteiger partial charge in [-0.25, -0.2) is 0 Å². The molecule has 5 heteroatoms. The third-order valence-corrected chi connectivity index (χ3v) is 5.03. The van der Waals surface area contributed by atoms with E-state index >= 15 is 0 Å². The van der Waals surface area contributed by atoms with Gasteiger partial charge in [0.25, 0.3) is 0 Å². The summed E-state index contributed by atoms with van der Waals surface area (Å²) in [6.07, 6.45) is 0. The highest BCUT2D eigenvalue weighted by atomic mass is 32.2. The number of aromatic nitrogens is 2. The van der Waals surface area contributed by atoms with Crippen LogP contribution in [-0.2, 0) is 6.54 Å². The highest BCUT2D eigenvalue weighted by molar-refractivity contribution is 7.99. The molecule has 0 saturated heterocycles. The van der Waals surface area contributed by atoms with Gasteiger partial charge in [0.2, 0.25) is 0 Å². The van der Waals surface area contributed by atoms with Crippen LogP contribution in [0.1, 0.15) is 21.5 Å². The zero-order valence-corrected chi connectivity index (χ0v) is 11.1. The van der Waals surface area contributed by atoms with Crippen LogP contribution in [-0.4, -0.2) is 23.0 Å². The lowest BCUT2D eigenvalue weighted by Gasteiger charge is -2.05. The Morgan fingerprint density at radius 1 is 1.35 bits per heavy atom. The molecule has 0 bridgehead atoms. The maximum atomic E-state index is 4.33. The minimum atomic E-state index is 0.430. The first-order valence-corrected chi connectivity index (χ1v) is 7.37. The van der Waals surface area contributed by atoms with Crippen molar-refractivity contribution in [2.75, 3.05) is 12.8 Å². The lowest BCUT2D eigenvalue weighted by molar-refractivity contribution is 0.786. The smallest absolute Gasteiger partial charge is 0.131 e. The van der Waals surface area contributed by atoms with Crippen LogP contribution in [0.2, 0.25) is 0 Å². The first-order valence-electron chi connectivity index (χ1n) is 5.57. The number of thioether (sulfide) groups is 1. The molecular formula is C12H13N3S2. The molecular weight excluding hydrogens is 250 g/mol. The largest absolute Gasteiger partial charge is 0.313 e. The SMILES string of the molecule is CNCc1nnc(C2CSc3ccccc32)s1. The molecule has 1 aromatic carbocycles. The van der Waals surface area contributed by atoms with Crippen LogP contribution < -0.4 is 5.32 Å². The maximum absolute atomic E-state index is 4.33. The van der Waals surface area contributed by atoms with Crippen molar-refractivity contribution >= 4 is 23.1 Å². The van der Waals surface area contributed by atoms with E-state index in [1.165, 1.54) is 10.5 Å². The topological polar surface area (TPSA) is 37.8 Å². The minimum Gasteiger partial charge on any atom is -0.313 e. The number of fused-ring (bicyclic) bond motifs is 1. The van der Waals surface area contributed by atoms with Gasteiger partial charge in [-0.2, -0.15) is 0 Å². The Morgan fingerprint density at radius 2 is 2.24 bits per heavy atom. The van der Waals surface area contributed by atoms with E-state index in [-0.39, 0.29) is 0 Å². The van der Waals surface area contributed by atoms with Crippen LogP contribution in [0.25, 0.3) is 0 Å². The average molecular weight is 263 g/mol. The van der Waals surface area contributed by atoms with E-state index in [0.717, 1.165) is 22.3 Å². The number of nitrogens with one attached hydrogen (secondary N) is 1. The fourth-order valence-corrected chi connectivity index (χ4v) is 4.31. The first-order chi connectivity index (χ1) is 8.38. The van der Waals surface area contributed by atoms with Gasteiger partial charge in [-0.05, 0) is 18.7 Å². The van der Waals surface area contributed by atoms with Gasteiger partial charge in [0.05, 0.1) is 0 Å². The summed E-state index contributed by atoms with van der Waals surface area (Å²) < 4.78 is 0. The van der Waals surface area contributed by atoms with Gasteiger partial charge < -0.3 is 5.32 Å². The second kappa shape index (κ2) is 4.76. The molecule has 1 aliphatic heterocycles. The first kappa shape index (κ1) is 11.2. The standard InChI is InChI=1S/C12H13N3S2/c1-13-6-11-14-15-12(17-11)9-7-16-10-5-3-2-4-8(9)10/h2-5,9,13H,6-7H2,1H3. The third-order valence-electron chi connectivity index (χ3n) is 2.81.